The molecule has 1 aliphatic carbocycles. The van der Waals surface area contributed by atoms with Gasteiger partial charge in [0.15, 0.2) is 0 Å². The molecule has 1 aliphatic rings. The Kier molecular flexibility index (Phi) is 3.42. The summed E-state index contributed by atoms with van der Waals surface area (Å²) >= 11 is 0. The van der Waals surface area contributed by atoms with Crippen LogP contribution < -0.4 is 0 Å². The van der Waals surface area contributed by atoms with Gasteiger partial charge < -0.3 is 10.3 Å². The maximum absolute atomic E-state index is 10.9. The van der Waals surface area contributed by atoms with E-state index in [0.717, 1.165) is 37.0 Å². The van der Waals surface area contributed by atoms with Crippen LogP contribution in [-0.2, 0) is 0 Å². The number of carbonyl (C=O) groups is 1. The molecule has 0 spiro atoms. The van der Waals surface area contributed by atoms with Crippen LogP contribution in [0, 0.1) is 0 Å². The first-order valence-corrected chi connectivity index (χ1v) is 5.76. The fourth-order valence-electron chi connectivity index (χ4n) is 2.36. The number of nitrogens with zero attached hydrogens (tertiary/aromatic N) is 1. The molecule has 0 amide bonds. The number of carboxylic acid groups (broad SMARTS) is 1. The molecule has 0 heterocycles. The molecule has 1 aromatic carbocycles. The van der Waals surface area contributed by atoms with Crippen molar-refractivity contribution in [2.24, 2.45) is 5.16 Å². The minimum atomic E-state index is -0.926. The van der Waals surface area contributed by atoms with Crippen LogP contribution in [-0.4, -0.2) is 22.0 Å². The minimum Gasteiger partial charge on any atom is -0.478 e. The number of hydrogen-bond donors (Lipinski definition) is 2. The lowest BCUT2D eigenvalue weighted by Gasteiger charge is -2.23. The van der Waals surface area contributed by atoms with E-state index in [1.54, 1.807) is 18.2 Å². The van der Waals surface area contributed by atoms with Gasteiger partial charge in [-0.15, -0.1) is 0 Å². The average molecular weight is 233 g/mol. The van der Waals surface area contributed by atoms with Gasteiger partial charge in [-0.3, -0.25) is 0 Å². The fraction of sp³-hybridized carbons (Fsp3) is 0.385. The van der Waals surface area contributed by atoms with E-state index in [1.165, 1.54) is 0 Å². The van der Waals surface area contributed by atoms with Crippen LogP contribution >= 0.6 is 0 Å². The third kappa shape index (κ3) is 2.46. The van der Waals surface area contributed by atoms with Crippen molar-refractivity contribution in [3.63, 3.8) is 0 Å². The highest BCUT2D eigenvalue weighted by atomic mass is 16.4. The summed E-state index contributed by atoms with van der Waals surface area (Å²) in [6.45, 7) is 0. The Morgan fingerprint density at radius 1 is 1.35 bits per heavy atom. The van der Waals surface area contributed by atoms with Crippen molar-refractivity contribution in [2.75, 3.05) is 0 Å². The van der Waals surface area contributed by atoms with Gasteiger partial charge >= 0.3 is 5.97 Å². The summed E-state index contributed by atoms with van der Waals surface area (Å²) in [7, 11) is 0. The van der Waals surface area contributed by atoms with Gasteiger partial charge in [-0.2, -0.15) is 0 Å². The van der Waals surface area contributed by atoms with E-state index in [2.05, 4.69) is 5.16 Å². The van der Waals surface area contributed by atoms with Gasteiger partial charge in [0.25, 0.3) is 0 Å². The third-order valence-electron chi connectivity index (χ3n) is 3.24. The predicted octanol–water partition coefficient (Wildman–Crippen LogP) is 2.87. The van der Waals surface area contributed by atoms with Crippen molar-refractivity contribution < 1.29 is 15.1 Å². The van der Waals surface area contributed by atoms with Gasteiger partial charge in [-0.05, 0) is 37.0 Å². The van der Waals surface area contributed by atoms with E-state index in [-0.39, 0.29) is 11.5 Å². The summed E-state index contributed by atoms with van der Waals surface area (Å²) in [6, 6.07) is 6.88. The molecule has 4 nitrogen and oxygen atoms in total. The maximum atomic E-state index is 10.9. The molecule has 1 unspecified atom stereocenters. The lowest BCUT2D eigenvalue weighted by Crippen LogP contribution is -2.17. The number of carboxylic acids is 1. The van der Waals surface area contributed by atoms with Crippen LogP contribution in [0.15, 0.2) is 29.4 Å². The summed E-state index contributed by atoms with van der Waals surface area (Å²) in [4.78, 5) is 10.9. The van der Waals surface area contributed by atoms with Crippen LogP contribution in [0.1, 0.15) is 47.5 Å². The van der Waals surface area contributed by atoms with Crippen molar-refractivity contribution >= 4 is 11.7 Å². The summed E-state index contributed by atoms with van der Waals surface area (Å²) in [6.07, 6.45) is 3.83. The topological polar surface area (TPSA) is 69.9 Å². The summed E-state index contributed by atoms with van der Waals surface area (Å²) in [5.41, 5.74) is 1.97. The van der Waals surface area contributed by atoms with Crippen LogP contribution in [0.25, 0.3) is 0 Å². The number of oxime groups is 1. The van der Waals surface area contributed by atoms with Crippen LogP contribution in [0.2, 0.25) is 0 Å². The zero-order chi connectivity index (χ0) is 12.3. The van der Waals surface area contributed by atoms with E-state index >= 15 is 0 Å². The van der Waals surface area contributed by atoms with E-state index in [9.17, 15) is 4.79 Å². The molecule has 2 rings (SSSR count). The van der Waals surface area contributed by atoms with Gasteiger partial charge in [0, 0.05) is 5.92 Å². The normalized spacial score (nSPS) is 22.6. The molecule has 1 atom stereocenters. The van der Waals surface area contributed by atoms with Gasteiger partial charge in [0.05, 0.1) is 11.3 Å². The molecule has 17 heavy (non-hydrogen) atoms. The Morgan fingerprint density at radius 3 is 2.88 bits per heavy atom. The van der Waals surface area contributed by atoms with E-state index in [4.69, 9.17) is 10.3 Å². The lowest BCUT2D eigenvalue weighted by atomic mass is 9.82. The highest BCUT2D eigenvalue weighted by Crippen LogP contribution is 2.31. The van der Waals surface area contributed by atoms with Crippen molar-refractivity contribution in [3.8, 4) is 0 Å². The molecule has 1 saturated carbocycles. The summed E-state index contributed by atoms with van der Waals surface area (Å²) in [5.74, 6) is -0.863. The first kappa shape index (κ1) is 11.6. The second-order valence-electron chi connectivity index (χ2n) is 4.32. The van der Waals surface area contributed by atoms with Crippen LogP contribution in [0.5, 0.6) is 0 Å². The Morgan fingerprint density at radius 2 is 2.18 bits per heavy atom. The monoisotopic (exact) mass is 233 g/mol. The number of benzene rings is 1. The van der Waals surface area contributed by atoms with Gasteiger partial charge in [-0.1, -0.05) is 23.7 Å². The number of hydrogen-bond acceptors (Lipinski definition) is 3. The Hall–Kier alpha value is -1.84. The SMILES string of the molecule is O=C(O)c1cccc(C2CCCC/C2=N\O)c1. The maximum Gasteiger partial charge on any atom is 0.335 e. The molecule has 0 aliphatic heterocycles. The predicted molar refractivity (Wildman–Crippen MR) is 63.8 cm³/mol. The standard InChI is InChI=1S/C13H15NO3/c15-13(16)10-5-3-4-9(8-10)11-6-1-2-7-12(11)14-17/h3-5,8,11,17H,1-2,6-7H2,(H,15,16)/b14-12+. The first-order chi connectivity index (χ1) is 8.22. The lowest BCUT2D eigenvalue weighted by molar-refractivity contribution is 0.0696. The van der Waals surface area contributed by atoms with E-state index in [0.29, 0.717) is 0 Å². The smallest absolute Gasteiger partial charge is 0.335 e. The molecule has 0 saturated heterocycles. The van der Waals surface area contributed by atoms with Gasteiger partial charge in [-0.25, -0.2) is 4.79 Å². The summed E-state index contributed by atoms with van der Waals surface area (Å²) < 4.78 is 0. The molecule has 90 valence electrons. The van der Waals surface area contributed by atoms with Gasteiger partial charge in [0.1, 0.15) is 0 Å². The van der Waals surface area contributed by atoms with Crippen molar-refractivity contribution in [2.45, 2.75) is 31.6 Å². The number of aromatic carboxylic acids is 1. The van der Waals surface area contributed by atoms with E-state index in [1.807, 2.05) is 6.07 Å². The summed E-state index contributed by atoms with van der Waals surface area (Å²) in [5, 5.41) is 21.3. The highest BCUT2D eigenvalue weighted by Gasteiger charge is 2.23. The molecule has 1 aromatic rings. The van der Waals surface area contributed by atoms with Crippen LogP contribution in [0.3, 0.4) is 0 Å². The molecule has 4 heteroatoms. The molecule has 1 fully saturated rings. The third-order valence-corrected chi connectivity index (χ3v) is 3.24. The zero-order valence-corrected chi connectivity index (χ0v) is 9.47. The quantitative estimate of drug-likeness (QED) is 0.609. The zero-order valence-electron chi connectivity index (χ0n) is 9.47. The number of rotatable bonds is 2. The average Bonchev–Trinajstić information content (AvgIpc) is 2.39. The van der Waals surface area contributed by atoms with Crippen molar-refractivity contribution in [1.82, 2.24) is 0 Å². The Bertz CT molecular complexity index is 454. The van der Waals surface area contributed by atoms with E-state index < -0.39 is 5.97 Å². The van der Waals surface area contributed by atoms with Crippen molar-refractivity contribution in [3.05, 3.63) is 35.4 Å². The Labute approximate surface area is 99.6 Å². The second kappa shape index (κ2) is 4.99. The fourth-order valence-corrected chi connectivity index (χ4v) is 2.36. The second-order valence-corrected chi connectivity index (χ2v) is 4.32. The molecular formula is C13H15NO3. The Balaban J connectivity index is 2.32. The molecule has 0 bridgehead atoms. The largest absolute Gasteiger partial charge is 0.478 e. The molecule has 2 N–H and O–H groups in total. The van der Waals surface area contributed by atoms with Gasteiger partial charge in [0.2, 0.25) is 0 Å². The minimum absolute atomic E-state index is 0.0630. The molecule has 0 radical (unpaired) electrons. The molecule has 0 aromatic heterocycles. The van der Waals surface area contributed by atoms with Crippen LogP contribution in [0.4, 0.5) is 0 Å². The molecular weight excluding hydrogens is 218 g/mol. The highest BCUT2D eigenvalue weighted by molar-refractivity contribution is 5.92. The van der Waals surface area contributed by atoms with Crippen molar-refractivity contribution in [1.29, 1.82) is 0 Å². The first-order valence-electron chi connectivity index (χ1n) is 5.76.